The van der Waals surface area contributed by atoms with Crippen molar-refractivity contribution in [2.75, 3.05) is 34.0 Å². The molecule has 1 atom stereocenters. The Morgan fingerprint density at radius 1 is 1.25 bits per heavy atom. The van der Waals surface area contributed by atoms with E-state index in [1.807, 2.05) is 0 Å². The molecule has 0 aliphatic heterocycles. The van der Waals surface area contributed by atoms with Gasteiger partial charge in [-0.15, -0.1) is 0 Å². The minimum absolute atomic E-state index is 0.0630. The van der Waals surface area contributed by atoms with E-state index in [1.54, 1.807) is 13.2 Å². The number of rotatable bonds is 9. The highest BCUT2D eigenvalue weighted by atomic mass is 19.3. The van der Waals surface area contributed by atoms with E-state index in [-0.39, 0.29) is 18.1 Å². The van der Waals surface area contributed by atoms with Gasteiger partial charge in [0, 0.05) is 13.7 Å². The highest BCUT2D eigenvalue weighted by Gasteiger charge is 2.15. The Bertz CT molecular complexity index is 404. The molecule has 20 heavy (non-hydrogen) atoms. The van der Waals surface area contributed by atoms with E-state index < -0.39 is 12.7 Å². The third kappa shape index (κ3) is 4.92. The fourth-order valence-corrected chi connectivity index (χ4v) is 1.72. The highest BCUT2D eigenvalue weighted by molar-refractivity contribution is 5.44. The number of aliphatic hydroxyl groups excluding tert-OH is 1. The Balaban J connectivity index is 2.87. The molecule has 0 radical (unpaired) electrons. The molecular weight excluding hydrogens is 272 g/mol. The maximum Gasteiger partial charge on any atom is 0.387 e. The zero-order valence-corrected chi connectivity index (χ0v) is 11.4. The SMILES string of the molecule is COCCNC(CO)c1ccc(OC)c(OC(F)F)c1. The average Bonchev–Trinajstić information content (AvgIpc) is 2.43. The van der Waals surface area contributed by atoms with Crippen LogP contribution in [0.3, 0.4) is 0 Å². The van der Waals surface area contributed by atoms with Gasteiger partial charge in [-0.25, -0.2) is 0 Å². The van der Waals surface area contributed by atoms with E-state index in [9.17, 15) is 13.9 Å². The lowest BCUT2D eigenvalue weighted by atomic mass is 10.1. The van der Waals surface area contributed by atoms with Crippen molar-refractivity contribution in [2.45, 2.75) is 12.7 Å². The normalized spacial score (nSPS) is 12.5. The summed E-state index contributed by atoms with van der Waals surface area (Å²) < 4.78 is 38.9. The third-order valence-corrected chi connectivity index (χ3v) is 2.69. The van der Waals surface area contributed by atoms with Gasteiger partial charge in [-0.3, -0.25) is 0 Å². The second-order valence-corrected chi connectivity index (χ2v) is 3.97. The van der Waals surface area contributed by atoms with E-state index in [1.165, 1.54) is 19.2 Å². The number of hydrogen-bond acceptors (Lipinski definition) is 5. The molecule has 5 nitrogen and oxygen atoms in total. The summed E-state index contributed by atoms with van der Waals surface area (Å²) in [5, 5.41) is 12.4. The molecule has 0 spiro atoms. The lowest BCUT2D eigenvalue weighted by molar-refractivity contribution is -0.0512. The lowest BCUT2D eigenvalue weighted by Gasteiger charge is -2.18. The van der Waals surface area contributed by atoms with Gasteiger partial charge in [0.25, 0.3) is 0 Å². The van der Waals surface area contributed by atoms with Crippen LogP contribution in [0.2, 0.25) is 0 Å². The molecule has 1 aromatic carbocycles. The molecule has 0 fully saturated rings. The van der Waals surface area contributed by atoms with Crippen LogP contribution >= 0.6 is 0 Å². The van der Waals surface area contributed by atoms with Crippen molar-refractivity contribution < 1.29 is 28.1 Å². The van der Waals surface area contributed by atoms with Crippen LogP contribution in [0.4, 0.5) is 8.78 Å². The fraction of sp³-hybridized carbons (Fsp3) is 0.538. The molecule has 1 rings (SSSR count). The van der Waals surface area contributed by atoms with Crippen molar-refractivity contribution in [3.63, 3.8) is 0 Å². The zero-order chi connectivity index (χ0) is 15.0. The number of benzene rings is 1. The van der Waals surface area contributed by atoms with Crippen molar-refractivity contribution in [2.24, 2.45) is 0 Å². The van der Waals surface area contributed by atoms with Crippen LogP contribution in [0, 0.1) is 0 Å². The van der Waals surface area contributed by atoms with Crippen LogP contribution in [-0.2, 0) is 4.74 Å². The molecule has 0 aliphatic rings. The first kappa shape index (κ1) is 16.6. The first-order chi connectivity index (χ1) is 9.62. The molecule has 0 bridgehead atoms. The van der Waals surface area contributed by atoms with Crippen molar-refractivity contribution in [3.8, 4) is 11.5 Å². The van der Waals surface area contributed by atoms with Gasteiger partial charge in [0.2, 0.25) is 0 Å². The molecule has 0 aromatic heterocycles. The monoisotopic (exact) mass is 291 g/mol. The van der Waals surface area contributed by atoms with Gasteiger partial charge in [0.15, 0.2) is 11.5 Å². The number of ether oxygens (including phenoxy) is 3. The van der Waals surface area contributed by atoms with Gasteiger partial charge in [-0.05, 0) is 17.7 Å². The summed E-state index contributed by atoms with van der Waals surface area (Å²) >= 11 is 0. The van der Waals surface area contributed by atoms with Crippen molar-refractivity contribution in [1.29, 1.82) is 0 Å². The molecule has 0 saturated heterocycles. The van der Waals surface area contributed by atoms with E-state index >= 15 is 0 Å². The summed E-state index contributed by atoms with van der Waals surface area (Å²) in [6.45, 7) is -2.11. The molecule has 1 aromatic rings. The summed E-state index contributed by atoms with van der Waals surface area (Å²) in [5.41, 5.74) is 0.625. The van der Waals surface area contributed by atoms with Crippen LogP contribution in [0.5, 0.6) is 11.5 Å². The van der Waals surface area contributed by atoms with Gasteiger partial charge >= 0.3 is 6.61 Å². The van der Waals surface area contributed by atoms with Gasteiger partial charge in [-0.2, -0.15) is 8.78 Å². The Hall–Kier alpha value is -1.44. The predicted molar refractivity (Wildman–Crippen MR) is 69.3 cm³/mol. The Morgan fingerprint density at radius 2 is 2.00 bits per heavy atom. The first-order valence-electron chi connectivity index (χ1n) is 6.08. The number of alkyl halides is 2. The minimum atomic E-state index is -2.94. The zero-order valence-electron chi connectivity index (χ0n) is 11.4. The largest absolute Gasteiger partial charge is 0.493 e. The fourth-order valence-electron chi connectivity index (χ4n) is 1.72. The van der Waals surface area contributed by atoms with Crippen molar-refractivity contribution in [3.05, 3.63) is 23.8 Å². The van der Waals surface area contributed by atoms with Crippen LogP contribution in [0.1, 0.15) is 11.6 Å². The third-order valence-electron chi connectivity index (χ3n) is 2.69. The summed E-state index contributed by atoms with van der Waals surface area (Å²) in [5.74, 6) is 0.148. The van der Waals surface area contributed by atoms with E-state index in [4.69, 9.17) is 9.47 Å². The van der Waals surface area contributed by atoms with Gasteiger partial charge in [-0.1, -0.05) is 6.07 Å². The summed E-state index contributed by atoms with van der Waals surface area (Å²) in [7, 11) is 2.94. The molecule has 0 aliphatic carbocycles. The quantitative estimate of drug-likeness (QED) is 0.676. The number of nitrogens with one attached hydrogen (secondary N) is 1. The minimum Gasteiger partial charge on any atom is -0.493 e. The Labute approximate surface area is 116 Å². The van der Waals surface area contributed by atoms with E-state index in [0.717, 1.165) is 0 Å². The van der Waals surface area contributed by atoms with Crippen LogP contribution in [0.25, 0.3) is 0 Å². The highest BCUT2D eigenvalue weighted by Crippen LogP contribution is 2.31. The van der Waals surface area contributed by atoms with Crippen molar-refractivity contribution >= 4 is 0 Å². The molecule has 0 heterocycles. The van der Waals surface area contributed by atoms with E-state index in [2.05, 4.69) is 10.1 Å². The topological polar surface area (TPSA) is 60.0 Å². The lowest BCUT2D eigenvalue weighted by Crippen LogP contribution is -2.27. The number of halogens is 2. The van der Waals surface area contributed by atoms with Crippen LogP contribution < -0.4 is 14.8 Å². The van der Waals surface area contributed by atoms with Crippen LogP contribution in [0.15, 0.2) is 18.2 Å². The predicted octanol–water partition coefficient (Wildman–Crippen LogP) is 1.57. The Kier molecular flexibility index (Phi) is 7.21. The summed E-state index contributed by atoms with van der Waals surface area (Å²) in [6, 6.07) is 4.23. The number of hydrogen-bond donors (Lipinski definition) is 2. The molecule has 0 amide bonds. The number of methoxy groups -OCH3 is 2. The second kappa shape index (κ2) is 8.68. The van der Waals surface area contributed by atoms with Gasteiger partial charge in [0.1, 0.15) is 0 Å². The first-order valence-corrected chi connectivity index (χ1v) is 6.08. The van der Waals surface area contributed by atoms with Crippen molar-refractivity contribution in [1.82, 2.24) is 5.32 Å². The molecule has 1 unspecified atom stereocenters. The average molecular weight is 291 g/mol. The molecule has 7 heteroatoms. The molecule has 0 saturated carbocycles. The molecule has 2 N–H and O–H groups in total. The van der Waals surface area contributed by atoms with Gasteiger partial charge in [0.05, 0.1) is 26.4 Å². The van der Waals surface area contributed by atoms with Gasteiger partial charge < -0.3 is 24.6 Å². The smallest absolute Gasteiger partial charge is 0.387 e. The standard InChI is InChI=1S/C13H19F2NO4/c1-18-6-5-16-10(8-17)9-3-4-11(19-2)12(7-9)20-13(14)15/h3-4,7,10,13,16-17H,5-6,8H2,1-2H3. The maximum atomic E-state index is 12.3. The van der Waals surface area contributed by atoms with Crippen LogP contribution in [-0.4, -0.2) is 45.7 Å². The van der Waals surface area contributed by atoms with E-state index in [0.29, 0.717) is 18.7 Å². The Morgan fingerprint density at radius 3 is 2.55 bits per heavy atom. The second-order valence-electron chi connectivity index (χ2n) is 3.97. The molecular formula is C13H19F2NO4. The maximum absolute atomic E-state index is 12.3. The molecule has 114 valence electrons. The number of aliphatic hydroxyl groups is 1. The summed E-state index contributed by atoms with van der Waals surface area (Å²) in [4.78, 5) is 0. The summed E-state index contributed by atoms with van der Waals surface area (Å²) in [6.07, 6.45) is 0.